The fourth-order valence-electron chi connectivity index (χ4n) is 1.57. The van der Waals surface area contributed by atoms with Gasteiger partial charge in [0.15, 0.2) is 0 Å². The van der Waals surface area contributed by atoms with Gasteiger partial charge in [-0.15, -0.1) is 0 Å². The molecule has 0 aromatic carbocycles. The molecule has 11 heavy (non-hydrogen) atoms. The highest BCUT2D eigenvalue weighted by atomic mass is 16.2. The maximum Gasteiger partial charge on any atom is 0.226 e. The van der Waals surface area contributed by atoms with Crippen molar-refractivity contribution in [1.82, 2.24) is 5.32 Å². The van der Waals surface area contributed by atoms with E-state index in [2.05, 4.69) is 17.5 Å². The Kier molecular flexibility index (Phi) is 1.53. The molecule has 1 saturated heterocycles. The molecular formula is C9H11NO. The Labute approximate surface area is 66.0 Å². The van der Waals surface area contributed by atoms with Gasteiger partial charge in [0.2, 0.25) is 5.91 Å². The Bertz CT molecular complexity index is 230. The summed E-state index contributed by atoms with van der Waals surface area (Å²) in [7, 11) is 0. The molecule has 0 aromatic heterocycles. The van der Waals surface area contributed by atoms with Gasteiger partial charge in [0, 0.05) is 0 Å². The molecule has 2 unspecified atom stereocenters. The minimum atomic E-state index is 0.218. The van der Waals surface area contributed by atoms with Crippen LogP contribution in [-0.4, -0.2) is 11.9 Å². The molecule has 2 rings (SSSR count). The van der Waals surface area contributed by atoms with Gasteiger partial charge in [-0.05, 0) is 12.8 Å². The summed E-state index contributed by atoms with van der Waals surface area (Å²) in [6.07, 6.45) is 10.2. The number of β-lactam (4-membered cyclic amide) rings is 1. The SMILES string of the molecule is O=C1NC2/C=C\C=C/CCC12. The van der Waals surface area contributed by atoms with Gasteiger partial charge in [-0.25, -0.2) is 0 Å². The summed E-state index contributed by atoms with van der Waals surface area (Å²) in [5.41, 5.74) is 0. The second kappa shape index (κ2) is 2.53. The zero-order valence-corrected chi connectivity index (χ0v) is 6.29. The third-order valence-corrected chi connectivity index (χ3v) is 2.29. The topological polar surface area (TPSA) is 29.1 Å². The second-order valence-electron chi connectivity index (χ2n) is 3.03. The van der Waals surface area contributed by atoms with Crippen LogP contribution in [0.4, 0.5) is 0 Å². The van der Waals surface area contributed by atoms with Gasteiger partial charge in [0.05, 0.1) is 12.0 Å². The number of fused-ring (bicyclic) bond motifs is 1. The largest absolute Gasteiger partial charge is 0.349 e. The average Bonchev–Trinajstić information content (AvgIpc) is 1.96. The Balaban J connectivity index is 2.10. The smallest absolute Gasteiger partial charge is 0.226 e. The number of amides is 1. The van der Waals surface area contributed by atoms with Gasteiger partial charge in [-0.2, -0.15) is 0 Å². The van der Waals surface area contributed by atoms with Gasteiger partial charge in [-0.3, -0.25) is 4.79 Å². The van der Waals surface area contributed by atoms with Crippen molar-refractivity contribution in [2.24, 2.45) is 5.92 Å². The van der Waals surface area contributed by atoms with Crippen LogP contribution in [0.15, 0.2) is 24.3 Å². The van der Waals surface area contributed by atoms with E-state index >= 15 is 0 Å². The van der Waals surface area contributed by atoms with E-state index in [-0.39, 0.29) is 11.8 Å². The van der Waals surface area contributed by atoms with E-state index < -0.39 is 0 Å². The standard InChI is InChI=1S/C9H11NO/c11-9-7-5-3-1-2-4-6-8(7)10-9/h1-2,4,6-8H,3,5H2,(H,10,11)/b2-1-,6-4-. The van der Waals surface area contributed by atoms with Crippen molar-refractivity contribution in [3.63, 3.8) is 0 Å². The average molecular weight is 149 g/mol. The van der Waals surface area contributed by atoms with Crippen molar-refractivity contribution in [1.29, 1.82) is 0 Å². The highest BCUT2D eigenvalue weighted by Gasteiger charge is 2.36. The molecule has 0 aromatic rings. The lowest BCUT2D eigenvalue weighted by Gasteiger charge is -2.35. The molecule has 2 heteroatoms. The second-order valence-corrected chi connectivity index (χ2v) is 3.03. The monoisotopic (exact) mass is 149 g/mol. The summed E-state index contributed by atoms with van der Waals surface area (Å²) < 4.78 is 0. The van der Waals surface area contributed by atoms with E-state index in [1.54, 1.807) is 0 Å². The van der Waals surface area contributed by atoms with E-state index in [0.717, 1.165) is 12.8 Å². The van der Waals surface area contributed by atoms with Crippen molar-refractivity contribution in [2.45, 2.75) is 18.9 Å². The lowest BCUT2D eigenvalue weighted by Crippen LogP contribution is -2.56. The van der Waals surface area contributed by atoms with E-state index in [9.17, 15) is 4.79 Å². The molecule has 1 N–H and O–H groups in total. The van der Waals surface area contributed by atoms with Crippen LogP contribution in [0.1, 0.15) is 12.8 Å². The zero-order chi connectivity index (χ0) is 7.68. The van der Waals surface area contributed by atoms with Gasteiger partial charge in [0.1, 0.15) is 0 Å². The molecule has 0 saturated carbocycles. The quantitative estimate of drug-likeness (QED) is 0.512. The first-order valence-electron chi connectivity index (χ1n) is 4.01. The van der Waals surface area contributed by atoms with Crippen LogP contribution in [0, 0.1) is 5.92 Å². The summed E-state index contributed by atoms with van der Waals surface area (Å²) in [5.74, 6) is 0.464. The molecule has 58 valence electrons. The molecule has 2 atom stereocenters. The molecule has 0 bridgehead atoms. The Hall–Kier alpha value is -1.05. The first kappa shape index (κ1) is 6.65. The third-order valence-electron chi connectivity index (χ3n) is 2.29. The van der Waals surface area contributed by atoms with Gasteiger partial charge in [0.25, 0.3) is 0 Å². The van der Waals surface area contributed by atoms with Crippen LogP contribution >= 0.6 is 0 Å². The molecule has 1 fully saturated rings. The Morgan fingerprint density at radius 1 is 1.45 bits per heavy atom. The molecule has 1 aliphatic carbocycles. The molecular weight excluding hydrogens is 138 g/mol. The number of allylic oxidation sites excluding steroid dienone is 3. The van der Waals surface area contributed by atoms with Crippen LogP contribution in [0.2, 0.25) is 0 Å². The summed E-state index contributed by atoms with van der Waals surface area (Å²) in [5, 5.41) is 2.85. The lowest BCUT2D eigenvalue weighted by molar-refractivity contribution is -0.133. The van der Waals surface area contributed by atoms with E-state index in [1.807, 2.05) is 12.2 Å². The van der Waals surface area contributed by atoms with Crippen LogP contribution < -0.4 is 5.32 Å². The maximum absolute atomic E-state index is 11.0. The minimum absolute atomic E-state index is 0.218. The highest BCUT2D eigenvalue weighted by Crippen LogP contribution is 2.23. The first-order valence-corrected chi connectivity index (χ1v) is 4.01. The number of carbonyl (C=O) groups is 1. The Morgan fingerprint density at radius 2 is 2.36 bits per heavy atom. The lowest BCUT2D eigenvalue weighted by atomic mass is 9.85. The van der Waals surface area contributed by atoms with Crippen LogP contribution in [0.3, 0.4) is 0 Å². The summed E-state index contributed by atoms with van der Waals surface area (Å²) in [6, 6.07) is 0.312. The van der Waals surface area contributed by atoms with Gasteiger partial charge in [-0.1, -0.05) is 24.3 Å². The molecule has 0 spiro atoms. The third kappa shape index (κ3) is 1.09. The van der Waals surface area contributed by atoms with Crippen molar-refractivity contribution >= 4 is 5.91 Å². The van der Waals surface area contributed by atoms with E-state index in [1.165, 1.54) is 0 Å². The summed E-state index contributed by atoms with van der Waals surface area (Å²) in [6.45, 7) is 0. The van der Waals surface area contributed by atoms with Crippen LogP contribution in [0.25, 0.3) is 0 Å². The summed E-state index contributed by atoms with van der Waals surface area (Å²) in [4.78, 5) is 11.0. The number of nitrogens with one attached hydrogen (secondary N) is 1. The molecule has 2 nitrogen and oxygen atoms in total. The maximum atomic E-state index is 11.0. The van der Waals surface area contributed by atoms with Gasteiger partial charge < -0.3 is 5.32 Å². The number of rotatable bonds is 0. The fourth-order valence-corrected chi connectivity index (χ4v) is 1.57. The van der Waals surface area contributed by atoms with Crippen molar-refractivity contribution < 1.29 is 4.79 Å². The first-order chi connectivity index (χ1) is 5.38. The summed E-state index contributed by atoms with van der Waals surface area (Å²) >= 11 is 0. The van der Waals surface area contributed by atoms with E-state index in [0.29, 0.717) is 6.04 Å². The zero-order valence-electron chi connectivity index (χ0n) is 6.29. The Morgan fingerprint density at radius 3 is 3.18 bits per heavy atom. The number of hydrogen-bond donors (Lipinski definition) is 1. The van der Waals surface area contributed by atoms with E-state index in [4.69, 9.17) is 0 Å². The van der Waals surface area contributed by atoms with Crippen molar-refractivity contribution in [3.8, 4) is 0 Å². The van der Waals surface area contributed by atoms with Crippen LogP contribution in [0.5, 0.6) is 0 Å². The van der Waals surface area contributed by atoms with Crippen LogP contribution in [-0.2, 0) is 4.79 Å². The number of carbonyl (C=O) groups excluding carboxylic acids is 1. The molecule has 1 heterocycles. The molecule has 0 radical (unpaired) electrons. The fraction of sp³-hybridized carbons (Fsp3) is 0.444. The molecule has 2 aliphatic rings. The van der Waals surface area contributed by atoms with Crippen molar-refractivity contribution in [3.05, 3.63) is 24.3 Å². The predicted molar refractivity (Wildman–Crippen MR) is 42.9 cm³/mol. The molecule has 1 aliphatic heterocycles. The number of hydrogen-bond acceptors (Lipinski definition) is 1. The van der Waals surface area contributed by atoms with Crippen molar-refractivity contribution in [2.75, 3.05) is 0 Å². The van der Waals surface area contributed by atoms with Gasteiger partial charge >= 0.3 is 0 Å². The minimum Gasteiger partial charge on any atom is -0.349 e. The predicted octanol–water partition coefficient (Wildman–Crippen LogP) is 1.01. The normalized spacial score (nSPS) is 40.5. The molecule has 1 amide bonds. The highest BCUT2D eigenvalue weighted by molar-refractivity contribution is 5.86.